The molecule has 4 heterocycles. The summed E-state index contributed by atoms with van der Waals surface area (Å²) in [5.74, 6) is 1.44. The number of thiazole rings is 1. The van der Waals surface area contributed by atoms with E-state index < -0.39 is 0 Å². The second-order valence-corrected chi connectivity index (χ2v) is 7.63. The summed E-state index contributed by atoms with van der Waals surface area (Å²) in [6.45, 7) is 2.37. The number of hydrogen-bond acceptors (Lipinski definition) is 7. The molecule has 2 aliphatic rings. The van der Waals surface area contributed by atoms with Gasteiger partial charge in [-0.05, 0) is 29.8 Å². The molecule has 1 unspecified atom stereocenters. The standard InChI is InChI=1S/C20H18N4O3S.ClH/c25-20(24-7-6-22-10-15(24)14-2-1-5-21-9-14)18-11-23-19(28-18)13-3-4-16-17(8-13)27-12-26-16;/h1-5,8-9,11,15,22H,6-7,10,12H2;1H. The predicted molar refractivity (Wildman–Crippen MR) is 112 cm³/mol. The van der Waals surface area contributed by atoms with Crippen LogP contribution in [0.2, 0.25) is 0 Å². The Kier molecular flexibility index (Phi) is 5.66. The molecule has 2 aromatic heterocycles. The third-order valence-electron chi connectivity index (χ3n) is 4.91. The van der Waals surface area contributed by atoms with Crippen molar-refractivity contribution < 1.29 is 14.3 Å². The van der Waals surface area contributed by atoms with Gasteiger partial charge in [-0.25, -0.2) is 4.98 Å². The summed E-state index contributed by atoms with van der Waals surface area (Å²) >= 11 is 1.40. The first-order valence-corrected chi connectivity index (χ1v) is 9.89. The van der Waals surface area contributed by atoms with Crippen LogP contribution in [0, 0.1) is 0 Å². The van der Waals surface area contributed by atoms with Gasteiger partial charge in [0, 0.05) is 37.6 Å². The van der Waals surface area contributed by atoms with Crippen LogP contribution in [-0.4, -0.2) is 47.2 Å². The molecule has 0 spiro atoms. The van der Waals surface area contributed by atoms with E-state index in [0.717, 1.165) is 28.4 Å². The van der Waals surface area contributed by atoms with Crippen LogP contribution in [0.3, 0.4) is 0 Å². The highest BCUT2D eigenvalue weighted by Gasteiger charge is 2.30. The third kappa shape index (κ3) is 3.78. The monoisotopic (exact) mass is 430 g/mol. The molecule has 0 aliphatic carbocycles. The van der Waals surface area contributed by atoms with Crippen LogP contribution in [0.15, 0.2) is 48.9 Å². The Hall–Kier alpha value is -2.68. The smallest absolute Gasteiger partial charge is 0.266 e. The minimum absolute atomic E-state index is 0. The molecule has 29 heavy (non-hydrogen) atoms. The van der Waals surface area contributed by atoms with E-state index in [9.17, 15) is 4.79 Å². The minimum atomic E-state index is -0.0361. The number of carbonyl (C=O) groups excluding carboxylic acids is 1. The fourth-order valence-electron chi connectivity index (χ4n) is 3.50. The van der Waals surface area contributed by atoms with Gasteiger partial charge >= 0.3 is 0 Å². The Labute approximate surface area is 178 Å². The molecule has 1 fully saturated rings. The van der Waals surface area contributed by atoms with Gasteiger partial charge in [-0.1, -0.05) is 6.07 Å². The van der Waals surface area contributed by atoms with Crippen molar-refractivity contribution in [3.05, 3.63) is 59.4 Å². The molecule has 1 amide bonds. The van der Waals surface area contributed by atoms with Crippen molar-refractivity contribution >= 4 is 29.7 Å². The molecule has 1 saturated heterocycles. The number of aromatic nitrogens is 2. The van der Waals surface area contributed by atoms with Gasteiger partial charge in [-0.2, -0.15) is 0 Å². The molecule has 7 nitrogen and oxygen atoms in total. The van der Waals surface area contributed by atoms with E-state index in [-0.39, 0.29) is 31.1 Å². The Morgan fingerprint density at radius 2 is 2.10 bits per heavy atom. The molecule has 0 saturated carbocycles. The van der Waals surface area contributed by atoms with Crippen molar-refractivity contribution in [2.24, 2.45) is 0 Å². The third-order valence-corrected chi connectivity index (χ3v) is 5.94. The first-order valence-electron chi connectivity index (χ1n) is 9.07. The predicted octanol–water partition coefficient (Wildman–Crippen LogP) is 3.14. The minimum Gasteiger partial charge on any atom is -0.454 e. The summed E-state index contributed by atoms with van der Waals surface area (Å²) in [7, 11) is 0. The second kappa shape index (κ2) is 8.36. The molecule has 5 rings (SSSR count). The van der Waals surface area contributed by atoms with Crippen molar-refractivity contribution in [1.82, 2.24) is 20.2 Å². The average molecular weight is 431 g/mol. The number of amides is 1. The molecule has 0 radical (unpaired) electrons. The largest absolute Gasteiger partial charge is 0.454 e. The van der Waals surface area contributed by atoms with Gasteiger partial charge < -0.3 is 19.7 Å². The first-order chi connectivity index (χ1) is 13.8. The number of halogens is 1. The summed E-state index contributed by atoms with van der Waals surface area (Å²) in [5.41, 5.74) is 1.95. The number of nitrogens with one attached hydrogen (secondary N) is 1. The second-order valence-electron chi connectivity index (χ2n) is 6.60. The van der Waals surface area contributed by atoms with Crippen LogP contribution in [0.5, 0.6) is 11.5 Å². The maximum atomic E-state index is 13.2. The zero-order chi connectivity index (χ0) is 18.9. The quantitative estimate of drug-likeness (QED) is 0.688. The molecule has 150 valence electrons. The highest BCUT2D eigenvalue weighted by molar-refractivity contribution is 7.16. The number of piperazine rings is 1. The Balaban J connectivity index is 0.00000205. The number of nitrogens with zero attached hydrogens (tertiary/aromatic N) is 3. The van der Waals surface area contributed by atoms with Crippen molar-refractivity contribution in [3.8, 4) is 22.1 Å². The number of ether oxygens (including phenoxy) is 2. The number of fused-ring (bicyclic) bond motifs is 1. The lowest BCUT2D eigenvalue weighted by Gasteiger charge is -2.36. The van der Waals surface area contributed by atoms with E-state index in [1.165, 1.54) is 11.3 Å². The van der Waals surface area contributed by atoms with Crippen LogP contribution in [0.4, 0.5) is 0 Å². The summed E-state index contributed by atoms with van der Waals surface area (Å²) in [6.07, 6.45) is 5.23. The Morgan fingerprint density at radius 3 is 2.97 bits per heavy atom. The topological polar surface area (TPSA) is 76.6 Å². The van der Waals surface area contributed by atoms with Gasteiger partial charge in [-0.15, -0.1) is 23.7 Å². The van der Waals surface area contributed by atoms with Gasteiger partial charge in [0.2, 0.25) is 6.79 Å². The normalized spacial score (nSPS) is 17.7. The van der Waals surface area contributed by atoms with Crippen molar-refractivity contribution in [2.45, 2.75) is 6.04 Å². The lowest BCUT2D eigenvalue weighted by molar-refractivity contribution is 0.0639. The molecule has 9 heteroatoms. The number of hydrogen-bond donors (Lipinski definition) is 1. The van der Waals surface area contributed by atoms with E-state index in [1.54, 1.807) is 12.4 Å². The van der Waals surface area contributed by atoms with Crippen molar-refractivity contribution in [1.29, 1.82) is 0 Å². The summed E-state index contributed by atoms with van der Waals surface area (Å²) in [5, 5.41) is 4.15. The molecule has 3 aromatic rings. The number of benzene rings is 1. The Morgan fingerprint density at radius 1 is 1.21 bits per heavy atom. The van der Waals surface area contributed by atoms with Crippen LogP contribution in [0.25, 0.3) is 10.6 Å². The lowest BCUT2D eigenvalue weighted by Crippen LogP contribution is -2.48. The molecule has 2 aliphatic heterocycles. The zero-order valence-electron chi connectivity index (χ0n) is 15.4. The van der Waals surface area contributed by atoms with Crippen LogP contribution in [0.1, 0.15) is 21.3 Å². The highest BCUT2D eigenvalue weighted by Crippen LogP contribution is 2.37. The molecular formula is C20H19ClN4O3S. The van der Waals surface area contributed by atoms with Gasteiger partial charge in [0.05, 0.1) is 12.2 Å². The van der Waals surface area contributed by atoms with Gasteiger partial charge in [0.15, 0.2) is 11.5 Å². The first kappa shape index (κ1) is 19.6. The summed E-state index contributed by atoms with van der Waals surface area (Å²) in [4.78, 5) is 24.4. The number of pyridine rings is 1. The van der Waals surface area contributed by atoms with E-state index in [1.807, 2.05) is 41.4 Å². The SMILES string of the molecule is Cl.O=C(c1cnc(-c2ccc3c(c2)OCO3)s1)N1CCNCC1c1cccnc1. The van der Waals surface area contributed by atoms with Gasteiger partial charge in [0.1, 0.15) is 9.88 Å². The van der Waals surface area contributed by atoms with Gasteiger partial charge in [-0.3, -0.25) is 9.78 Å². The molecule has 0 bridgehead atoms. The molecule has 1 N–H and O–H groups in total. The van der Waals surface area contributed by atoms with E-state index in [2.05, 4.69) is 15.3 Å². The fourth-order valence-corrected chi connectivity index (χ4v) is 4.36. The van der Waals surface area contributed by atoms with E-state index in [0.29, 0.717) is 23.7 Å². The van der Waals surface area contributed by atoms with Crippen molar-refractivity contribution in [2.75, 3.05) is 26.4 Å². The summed E-state index contributed by atoms with van der Waals surface area (Å²) in [6, 6.07) is 9.58. The van der Waals surface area contributed by atoms with Crippen LogP contribution < -0.4 is 14.8 Å². The van der Waals surface area contributed by atoms with E-state index >= 15 is 0 Å². The highest BCUT2D eigenvalue weighted by atomic mass is 35.5. The maximum absolute atomic E-state index is 13.2. The van der Waals surface area contributed by atoms with Crippen LogP contribution >= 0.6 is 23.7 Å². The zero-order valence-corrected chi connectivity index (χ0v) is 17.0. The molecule has 1 atom stereocenters. The fraction of sp³-hybridized carbons (Fsp3) is 0.250. The number of carbonyl (C=O) groups is 1. The van der Waals surface area contributed by atoms with Crippen LogP contribution in [-0.2, 0) is 0 Å². The molecule has 1 aromatic carbocycles. The maximum Gasteiger partial charge on any atom is 0.266 e. The average Bonchev–Trinajstić information content (AvgIpc) is 3.43. The Bertz CT molecular complexity index is 1010. The number of rotatable bonds is 3. The van der Waals surface area contributed by atoms with E-state index in [4.69, 9.17) is 9.47 Å². The van der Waals surface area contributed by atoms with Crippen molar-refractivity contribution in [3.63, 3.8) is 0 Å². The molecular weight excluding hydrogens is 412 g/mol. The summed E-state index contributed by atoms with van der Waals surface area (Å²) < 4.78 is 10.8. The van der Waals surface area contributed by atoms with Gasteiger partial charge in [0.25, 0.3) is 5.91 Å². The lowest BCUT2D eigenvalue weighted by atomic mass is 10.1.